The number of thiocarbonyl (C=S) groups is 1. The predicted molar refractivity (Wildman–Crippen MR) is 79.3 cm³/mol. The minimum Gasteiger partial charge on any atom is -0.393 e. The molecule has 1 aliphatic heterocycles. The molecule has 0 amide bonds. The molecule has 0 unspecified atom stereocenters. The third-order valence-corrected chi connectivity index (χ3v) is 6.24. The molecule has 0 spiro atoms. The Bertz CT molecular complexity index is 623. The fraction of sp³-hybridized carbons (Fsp3) is 0.462. The van der Waals surface area contributed by atoms with Gasteiger partial charge in [0.05, 0.1) is 9.88 Å². The summed E-state index contributed by atoms with van der Waals surface area (Å²) in [4.78, 5) is 0.400. The van der Waals surface area contributed by atoms with Gasteiger partial charge in [0.15, 0.2) is 0 Å². The molecule has 20 heavy (non-hydrogen) atoms. The van der Waals surface area contributed by atoms with Crippen LogP contribution in [0.4, 0.5) is 4.39 Å². The summed E-state index contributed by atoms with van der Waals surface area (Å²) in [5.74, 6) is -0.559. The van der Waals surface area contributed by atoms with Crippen LogP contribution in [0.1, 0.15) is 19.8 Å². The Labute approximate surface area is 123 Å². The number of nitrogens with two attached hydrogens (primary N) is 1. The van der Waals surface area contributed by atoms with Gasteiger partial charge in [0.2, 0.25) is 10.0 Å². The monoisotopic (exact) mass is 316 g/mol. The van der Waals surface area contributed by atoms with Gasteiger partial charge in [-0.25, -0.2) is 12.8 Å². The zero-order valence-electron chi connectivity index (χ0n) is 11.2. The van der Waals surface area contributed by atoms with Crippen LogP contribution in [0.5, 0.6) is 0 Å². The Morgan fingerprint density at radius 2 is 2.00 bits per heavy atom. The first-order valence-electron chi connectivity index (χ1n) is 6.31. The highest BCUT2D eigenvalue weighted by atomic mass is 32.2. The quantitative estimate of drug-likeness (QED) is 0.865. The average molecular weight is 316 g/mol. The van der Waals surface area contributed by atoms with Crippen molar-refractivity contribution in [2.45, 2.75) is 24.7 Å². The van der Waals surface area contributed by atoms with Gasteiger partial charge in [-0.05, 0) is 31.0 Å². The number of piperidine rings is 1. The van der Waals surface area contributed by atoms with E-state index >= 15 is 0 Å². The first-order valence-corrected chi connectivity index (χ1v) is 8.16. The van der Waals surface area contributed by atoms with Gasteiger partial charge in [-0.15, -0.1) is 0 Å². The molecule has 0 atom stereocenters. The van der Waals surface area contributed by atoms with Gasteiger partial charge in [0.25, 0.3) is 0 Å². The van der Waals surface area contributed by atoms with Crippen LogP contribution < -0.4 is 5.73 Å². The number of benzene rings is 1. The Morgan fingerprint density at radius 1 is 1.40 bits per heavy atom. The molecule has 0 aromatic heterocycles. The molecule has 0 aliphatic carbocycles. The second-order valence-corrected chi connectivity index (χ2v) is 7.66. The molecular formula is C13H17FN2O2S2. The lowest BCUT2D eigenvalue weighted by molar-refractivity contribution is 0.244. The van der Waals surface area contributed by atoms with E-state index in [-0.39, 0.29) is 10.3 Å². The summed E-state index contributed by atoms with van der Waals surface area (Å²) in [5.41, 5.74) is 5.40. The van der Waals surface area contributed by atoms with Crippen LogP contribution in [0, 0.1) is 11.2 Å². The first-order chi connectivity index (χ1) is 9.25. The van der Waals surface area contributed by atoms with E-state index in [2.05, 4.69) is 0 Å². The molecule has 4 nitrogen and oxygen atoms in total. The van der Waals surface area contributed by atoms with Crippen molar-refractivity contribution in [3.8, 4) is 0 Å². The zero-order chi connectivity index (χ0) is 15.0. The Morgan fingerprint density at radius 3 is 2.50 bits per heavy atom. The molecule has 1 aromatic carbocycles. The molecule has 0 saturated carbocycles. The van der Waals surface area contributed by atoms with Crippen molar-refractivity contribution in [3.05, 3.63) is 30.1 Å². The summed E-state index contributed by atoms with van der Waals surface area (Å²) in [6.07, 6.45) is 1.16. The molecule has 1 saturated heterocycles. The molecule has 1 aromatic rings. The Kier molecular flexibility index (Phi) is 4.13. The summed E-state index contributed by atoms with van der Waals surface area (Å²) in [7, 11) is -3.65. The van der Waals surface area contributed by atoms with Crippen LogP contribution in [0.25, 0.3) is 0 Å². The van der Waals surface area contributed by atoms with E-state index in [0.717, 1.165) is 6.07 Å². The maximum absolute atomic E-state index is 13.2. The van der Waals surface area contributed by atoms with Gasteiger partial charge in [-0.2, -0.15) is 4.31 Å². The largest absolute Gasteiger partial charge is 0.393 e. The summed E-state index contributed by atoms with van der Waals surface area (Å²) in [6.45, 7) is 2.63. The predicted octanol–water partition coefficient (Wildman–Crippen LogP) is 1.90. The Balaban J connectivity index is 2.20. The molecule has 110 valence electrons. The van der Waals surface area contributed by atoms with Crippen LogP contribution in [-0.4, -0.2) is 30.8 Å². The summed E-state index contributed by atoms with van der Waals surface area (Å²) in [5, 5.41) is 0. The number of rotatable bonds is 3. The third kappa shape index (κ3) is 2.84. The lowest BCUT2D eigenvalue weighted by atomic mass is 9.81. The molecule has 0 bridgehead atoms. The standard InChI is InChI=1S/C13H17FN2O2S2/c1-13(12(15)19)5-7-16(8-6-13)20(17,18)11-4-2-3-10(14)9-11/h2-4,9H,5-8H2,1H3,(H2,15,19). The van der Waals surface area contributed by atoms with Crippen molar-refractivity contribution < 1.29 is 12.8 Å². The Hall–Kier alpha value is -1.05. The van der Waals surface area contributed by atoms with Gasteiger partial charge in [0, 0.05) is 18.5 Å². The van der Waals surface area contributed by atoms with Crippen molar-refractivity contribution in [3.63, 3.8) is 0 Å². The van der Waals surface area contributed by atoms with Gasteiger partial charge in [-0.1, -0.05) is 25.2 Å². The van der Waals surface area contributed by atoms with E-state index in [9.17, 15) is 12.8 Å². The maximum atomic E-state index is 13.2. The molecule has 2 N–H and O–H groups in total. The number of nitrogens with zero attached hydrogens (tertiary/aromatic N) is 1. The maximum Gasteiger partial charge on any atom is 0.243 e. The zero-order valence-corrected chi connectivity index (χ0v) is 12.8. The highest BCUT2D eigenvalue weighted by Crippen LogP contribution is 2.33. The van der Waals surface area contributed by atoms with Gasteiger partial charge >= 0.3 is 0 Å². The van der Waals surface area contributed by atoms with Crippen molar-refractivity contribution in [1.29, 1.82) is 0 Å². The molecule has 1 aliphatic rings. The molecule has 1 heterocycles. The normalized spacial score (nSPS) is 19.7. The third-order valence-electron chi connectivity index (χ3n) is 3.85. The number of hydrogen-bond acceptors (Lipinski definition) is 3. The van der Waals surface area contributed by atoms with Crippen LogP contribution in [-0.2, 0) is 10.0 Å². The van der Waals surface area contributed by atoms with Gasteiger partial charge < -0.3 is 5.73 Å². The van der Waals surface area contributed by atoms with Crippen molar-refractivity contribution in [1.82, 2.24) is 4.31 Å². The van der Waals surface area contributed by atoms with Crippen molar-refractivity contribution in [2.24, 2.45) is 11.1 Å². The molecule has 1 fully saturated rings. The number of sulfonamides is 1. The summed E-state index contributed by atoms with van der Waals surface area (Å²) < 4.78 is 39.4. The van der Waals surface area contributed by atoms with E-state index in [1.807, 2.05) is 6.92 Å². The highest BCUT2D eigenvalue weighted by molar-refractivity contribution is 7.89. The van der Waals surface area contributed by atoms with Crippen LogP contribution >= 0.6 is 12.2 Å². The van der Waals surface area contributed by atoms with Crippen LogP contribution in [0.3, 0.4) is 0 Å². The topological polar surface area (TPSA) is 63.4 Å². The molecule has 2 rings (SSSR count). The van der Waals surface area contributed by atoms with Crippen molar-refractivity contribution in [2.75, 3.05) is 13.1 Å². The fourth-order valence-electron chi connectivity index (χ4n) is 2.24. The SMILES string of the molecule is CC1(C(N)=S)CCN(S(=O)(=O)c2cccc(F)c2)CC1. The molecule has 0 radical (unpaired) electrons. The fourth-order valence-corrected chi connectivity index (χ4v) is 3.92. The van der Waals surface area contributed by atoms with Crippen molar-refractivity contribution >= 4 is 27.2 Å². The summed E-state index contributed by atoms with van der Waals surface area (Å²) >= 11 is 5.03. The lowest BCUT2D eigenvalue weighted by Crippen LogP contribution is -2.46. The van der Waals surface area contributed by atoms with Gasteiger partial charge in [-0.3, -0.25) is 0 Å². The number of halogens is 1. The van der Waals surface area contributed by atoms with Gasteiger partial charge in [0.1, 0.15) is 5.82 Å². The second-order valence-electron chi connectivity index (χ2n) is 5.29. The van der Waals surface area contributed by atoms with Crippen LogP contribution in [0.15, 0.2) is 29.2 Å². The van der Waals surface area contributed by atoms with Crippen LogP contribution in [0.2, 0.25) is 0 Å². The van der Waals surface area contributed by atoms with E-state index in [1.54, 1.807) is 0 Å². The second kappa shape index (κ2) is 5.38. The van der Waals surface area contributed by atoms with E-state index in [4.69, 9.17) is 18.0 Å². The minimum absolute atomic E-state index is 0.0172. The lowest BCUT2D eigenvalue weighted by Gasteiger charge is -2.37. The minimum atomic E-state index is -3.65. The summed E-state index contributed by atoms with van der Waals surface area (Å²) in [6, 6.07) is 5.06. The number of hydrogen-bond donors (Lipinski definition) is 1. The first kappa shape index (κ1) is 15.3. The van der Waals surface area contributed by atoms with E-state index < -0.39 is 15.8 Å². The molecular weight excluding hydrogens is 299 g/mol. The smallest absolute Gasteiger partial charge is 0.243 e. The van der Waals surface area contributed by atoms with E-state index in [1.165, 1.54) is 22.5 Å². The molecule has 7 heteroatoms. The highest BCUT2D eigenvalue weighted by Gasteiger charge is 2.37. The average Bonchev–Trinajstić information content (AvgIpc) is 2.39. The van der Waals surface area contributed by atoms with E-state index in [0.29, 0.717) is 30.9 Å².